The Morgan fingerprint density at radius 2 is 2.11 bits per heavy atom. The number of hydrogen-bond acceptors (Lipinski definition) is 6. The first-order chi connectivity index (χ1) is 8.86. The second-order valence-electron chi connectivity index (χ2n) is 3.75. The van der Waals surface area contributed by atoms with Crippen molar-refractivity contribution in [3.8, 4) is 0 Å². The molecule has 9 heteroatoms. The number of ether oxygens (including phenoxy) is 1. The van der Waals surface area contributed by atoms with Gasteiger partial charge in [0.25, 0.3) is 0 Å². The number of nitrogens with one attached hydrogen (secondary N) is 2. The van der Waals surface area contributed by atoms with E-state index in [0.29, 0.717) is 13.2 Å². The molecule has 0 radical (unpaired) electrons. The van der Waals surface area contributed by atoms with Crippen molar-refractivity contribution in [1.82, 2.24) is 9.97 Å². The molecular weight excluding hydrogens is 263 g/mol. The van der Waals surface area contributed by atoms with Crippen molar-refractivity contribution < 1.29 is 17.9 Å². The molecule has 6 nitrogen and oxygen atoms in total. The van der Waals surface area contributed by atoms with Crippen LogP contribution >= 0.6 is 0 Å². The summed E-state index contributed by atoms with van der Waals surface area (Å²) in [6.45, 7) is 4.48. The minimum atomic E-state index is -4.56. The number of nitrogens with zero attached hydrogens (tertiary/aromatic N) is 2. The predicted octanol–water partition coefficient (Wildman–Crippen LogP) is 1.62. The van der Waals surface area contributed by atoms with Gasteiger partial charge in [0.05, 0.1) is 6.10 Å². The minimum Gasteiger partial charge on any atom is -0.377 e. The van der Waals surface area contributed by atoms with Crippen molar-refractivity contribution in [2.24, 2.45) is 5.84 Å². The van der Waals surface area contributed by atoms with Crippen LogP contribution in [0.2, 0.25) is 0 Å². The van der Waals surface area contributed by atoms with E-state index in [1.165, 1.54) is 0 Å². The molecule has 108 valence electrons. The number of nitrogen functional groups attached to an aromatic ring is 1. The Hall–Kier alpha value is -1.61. The smallest absolute Gasteiger partial charge is 0.377 e. The zero-order chi connectivity index (χ0) is 14.5. The van der Waals surface area contributed by atoms with E-state index in [0.717, 1.165) is 6.07 Å². The van der Waals surface area contributed by atoms with E-state index >= 15 is 0 Å². The van der Waals surface area contributed by atoms with Gasteiger partial charge >= 0.3 is 6.18 Å². The Labute approximate surface area is 108 Å². The van der Waals surface area contributed by atoms with Crippen LogP contribution in [0.1, 0.15) is 19.5 Å². The van der Waals surface area contributed by atoms with Crippen LogP contribution in [0, 0.1) is 0 Å². The van der Waals surface area contributed by atoms with Gasteiger partial charge in [0, 0.05) is 19.2 Å². The van der Waals surface area contributed by atoms with Gasteiger partial charge in [0.15, 0.2) is 5.69 Å². The van der Waals surface area contributed by atoms with Gasteiger partial charge in [-0.15, -0.1) is 0 Å². The molecule has 0 saturated heterocycles. The van der Waals surface area contributed by atoms with Crippen LogP contribution < -0.4 is 16.6 Å². The average molecular weight is 279 g/mol. The van der Waals surface area contributed by atoms with Gasteiger partial charge in [0.1, 0.15) is 5.82 Å². The number of nitrogens with two attached hydrogens (primary N) is 1. The Bertz CT molecular complexity index is 413. The van der Waals surface area contributed by atoms with Gasteiger partial charge in [-0.05, 0) is 13.8 Å². The van der Waals surface area contributed by atoms with Crippen LogP contribution in [0.15, 0.2) is 6.07 Å². The minimum absolute atomic E-state index is 0.0295. The molecule has 0 fully saturated rings. The predicted molar refractivity (Wildman–Crippen MR) is 64.4 cm³/mol. The number of rotatable bonds is 6. The zero-order valence-corrected chi connectivity index (χ0v) is 10.6. The fourth-order valence-corrected chi connectivity index (χ4v) is 1.34. The number of alkyl halides is 3. The molecule has 0 aliphatic carbocycles. The van der Waals surface area contributed by atoms with E-state index in [2.05, 4.69) is 15.3 Å². The van der Waals surface area contributed by atoms with E-state index in [4.69, 9.17) is 10.6 Å². The van der Waals surface area contributed by atoms with Gasteiger partial charge in [-0.1, -0.05) is 0 Å². The van der Waals surface area contributed by atoms with E-state index < -0.39 is 11.9 Å². The summed E-state index contributed by atoms with van der Waals surface area (Å²) in [7, 11) is 0. The first kappa shape index (κ1) is 15.4. The molecule has 0 aromatic carbocycles. The maximum atomic E-state index is 12.6. The Kier molecular flexibility index (Phi) is 5.31. The summed E-state index contributed by atoms with van der Waals surface area (Å²) in [5.41, 5.74) is 0.932. The van der Waals surface area contributed by atoms with Crippen molar-refractivity contribution >= 4 is 11.8 Å². The van der Waals surface area contributed by atoms with Crippen LogP contribution in [0.4, 0.5) is 24.9 Å². The Morgan fingerprint density at radius 3 is 2.63 bits per heavy atom. The van der Waals surface area contributed by atoms with Gasteiger partial charge in [-0.3, -0.25) is 5.43 Å². The summed E-state index contributed by atoms with van der Waals surface area (Å²) in [4.78, 5) is 7.03. The molecule has 0 bridgehead atoms. The van der Waals surface area contributed by atoms with Crippen LogP contribution in [-0.2, 0) is 10.9 Å². The molecule has 1 aromatic heterocycles. The van der Waals surface area contributed by atoms with Crippen molar-refractivity contribution in [3.63, 3.8) is 0 Å². The maximum Gasteiger partial charge on any atom is 0.433 e. The molecule has 0 saturated carbocycles. The topological polar surface area (TPSA) is 85.1 Å². The fraction of sp³-hybridized carbons (Fsp3) is 0.600. The molecule has 1 atom stereocenters. The molecule has 4 N–H and O–H groups in total. The van der Waals surface area contributed by atoms with Crippen LogP contribution in [0.3, 0.4) is 0 Å². The first-order valence-corrected chi connectivity index (χ1v) is 5.65. The molecule has 1 heterocycles. The fourth-order valence-electron chi connectivity index (χ4n) is 1.34. The summed E-state index contributed by atoms with van der Waals surface area (Å²) in [6.07, 6.45) is -4.71. The number of anilines is 2. The second-order valence-corrected chi connectivity index (χ2v) is 3.75. The third-order valence-electron chi connectivity index (χ3n) is 2.17. The lowest BCUT2D eigenvalue weighted by Gasteiger charge is -2.14. The van der Waals surface area contributed by atoms with Crippen molar-refractivity contribution in [2.75, 3.05) is 23.9 Å². The SMILES string of the molecule is CCOC(C)CNc1cc(C(F)(F)F)nc(NN)n1. The summed E-state index contributed by atoms with van der Waals surface area (Å²) in [5.74, 6) is 4.76. The standard InChI is InChI=1S/C10H16F3N5O/c1-3-19-6(2)5-15-8-4-7(10(11,12)13)16-9(17-8)18-14/h4,6H,3,5,14H2,1-2H3,(H2,15,16,17,18). The van der Waals surface area contributed by atoms with E-state index in [9.17, 15) is 13.2 Å². The van der Waals surface area contributed by atoms with Crippen LogP contribution in [0.25, 0.3) is 0 Å². The van der Waals surface area contributed by atoms with Gasteiger partial charge < -0.3 is 10.1 Å². The third kappa shape index (κ3) is 4.87. The molecule has 1 aromatic rings. The van der Waals surface area contributed by atoms with Crippen LogP contribution in [-0.4, -0.2) is 29.2 Å². The van der Waals surface area contributed by atoms with Gasteiger partial charge in [-0.2, -0.15) is 18.2 Å². The van der Waals surface area contributed by atoms with Crippen molar-refractivity contribution in [1.29, 1.82) is 0 Å². The Morgan fingerprint density at radius 1 is 1.42 bits per heavy atom. The number of hydrogen-bond donors (Lipinski definition) is 3. The molecular formula is C10H16F3N5O. The average Bonchev–Trinajstić information content (AvgIpc) is 2.35. The lowest BCUT2D eigenvalue weighted by molar-refractivity contribution is -0.141. The highest BCUT2D eigenvalue weighted by Gasteiger charge is 2.33. The lowest BCUT2D eigenvalue weighted by Crippen LogP contribution is -2.22. The van der Waals surface area contributed by atoms with Crippen molar-refractivity contribution in [2.45, 2.75) is 26.1 Å². The molecule has 0 spiro atoms. The van der Waals surface area contributed by atoms with E-state index in [1.54, 1.807) is 6.92 Å². The second kappa shape index (κ2) is 6.53. The largest absolute Gasteiger partial charge is 0.433 e. The molecule has 19 heavy (non-hydrogen) atoms. The lowest BCUT2D eigenvalue weighted by atomic mass is 10.3. The normalized spacial score (nSPS) is 13.2. The number of hydrazine groups is 1. The molecule has 0 amide bonds. The highest BCUT2D eigenvalue weighted by Crippen LogP contribution is 2.29. The monoisotopic (exact) mass is 279 g/mol. The molecule has 1 rings (SSSR count). The number of aromatic nitrogens is 2. The summed E-state index contributed by atoms with van der Waals surface area (Å²) in [5, 5.41) is 2.74. The summed E-state index contributed by atoms with van der Waals surface area (Å²) in [6, 6.07) is 0.819. The summed E-state index contributed by atoms with van der Waals surface area (Å²) < 4.78 is 43.0. The molecule has 0 aliphatic heterocycles. The zero-order valence-electron chi connectivity index (χ0n) is 10.6. The van der Waals surface area contributed by atoms with Crippen molar-refractivity contribution in [3.05, 3.63) is 11.8 Å². The van der Waals surface area contributed by atoms with Crippen LogP contribution in [0.5, 0.6) is 0 Å². The first-order valence-electron chi connectivity index (χ1n) is 5.65. The quantitative estimate of drug-likeness (QED) is 0.542. The third-order valence-corrected chi connectivity index (χ3v) is 2.17. The van der Waals surface area contributed by atoms with E-state index in [-0.39, 0.29) is 17.9 Å². The number of halogens is 3. The van der Waals surface area contributed by atoms with Gasteiger partial charge in [0.2, 0.25) is 5.95 Å². The molecule has 0 aliphatic rings. The Balaban J connectivity index is 2.83. The summed E-state index contributed by atoms with van der Waals surface area (Å²) >= 11 is 0. The maximum absolute atomic E-state index is 12.6. The van der Waals surface area contributed by atoms with E-state index in [1.807, 2.05) is 12.3 Å². The highest BCUT2D eigenvalue weighted by molar-refractivity contribution is 5.42. The van der Waals surface area contributed by atoms with Gasteiger partial charge in [-0.25, -0.2) is 10.8 Å². The molecule has 1 unspecified atom stereocenters. The highest BCUT2D eigenvalue weighted by atomic mass is 19.4.